The summed E-state index contributed by atoms with van der Waals surface area (Å²) in [5, 5.41) is 11.6. The maximum atomic E-state index is 11.9. The van der Waals surface area contributed by atoms with Crippen molar-refractivity contribution in [3.63, 3.8) is 0 Å². The van der Waals surface area contributed by atoms with Crippen molar-refractivity contribution in [1.29, 1.82) is 0 Å². The average molecular weight is 258 g/mol. The number of aliphatic carboxylic acids is 1. The first-order chi connectivity index (χ1) is 8.38. The standard InChI is InChI=1S/C13H26N2O3/c1-5-6-7-8-11(4)14-13(18)15(10(2)3)9-12(16)17/h10-11H,5-9H2,1-4H3,(H,14,18)(H,16,17). The van der Waals surface area contributed by atoms with Crippen LogP contribution in [0.3, 0.4) is 0 Å². The van der Waals surface area contributed by atoms with E-state index in [-0.39, 0.29) is 24.7 Å². The van der Waals surface area contributed by atoms with E-state index in [2.05, 4.69) is 12.2 Å². The molecular formula is C13H26N2O3. The molecule has 0 saturated heterocycles. The van der Waals surface area contributed by atoms with Gasteiger partial charge in [-0.1, -0.05) is 26.2 Å². The van der Waals surface area contributed by atoms with Crippen LogP contribution in [-0.4, -0.2) is 40.6 Å². The minimum Gasteiger partial charge on any atom is -0.480 e. The van der Waals surface area contributed by atoms with Crippen molar-refractivity contribution >= 4 is 12.0 Å². The van der Waals surface area contributed by atoms with E-state index in [4.69, 9.17) is 5.11 Å². The Labute approximate surface area is 110 Å². The summed E-state index contributed by atoms with van der Waals surface area (Å²) in [5.74, 6) is -0.988. The fourth-order valence-electron chi connectivity index (χ4n) is 1.70. The summed E-state index contributed by atoms with van der Waals surface area (Å²) in [6, 6.07) is -0.334. The zero-order valence-electron chi connectivity index (χ0n) is 11.9. The van der Waals surface area contributed by atoms with Crippen LogP contribution in [-0.2, 0) is 4.79 Å². The van der Waals surface area contributed by atoms with Gasteiger partial charge in [0.25, 0.3) is 0 Å². The van der Waals surface area contributed by atoms with Crippen LogP contribution < -0.4 is 5.32 Å². The highest BCUT2D eigenvalue weighted by atomic mass is 16.4. The fourth-order valence-corrected chi connectivity index (χ4v) is 1.70. The van der Waals surface area contributed by atoms with Crippen molar-refractivity contribution < 1.29 is 14.7 Å². The van der Waals surface area contributed by atoms with E-state index in [1.54, 1.807) is 0 Å². The maximum Gasteiger partial charge on any atom is 0.323 e. The minimum absolute atomic E-state index is 0.0825. The molecule has 0 aliphatic rings. The molecular weight excluding hydrogens is 232 g/mol. The number of carboxylic acid groups (broad SMARTS) is 1. The van der Waals surface area contributed by atoms with E-state index >= 15 is 0 Å². The Morgan fingerprint density at radius 1 is 1.22 bits per heavy atom. The van der Waals surface area contributed by atoms with Crippen LogP contribution in [0.5, 0.6) is 0 Å². The first-order valence-electron chi connectivity index (χ1n) is 6.67. The van der Waals surface area contributed by atoms with E-state index in [1.165, 1.54) is 4.90 Å². The molecule has 0 aliphatic heterocycles. The molecule has 0 radical (unpaired) electrons. The van der Waals surface area contributed by atoms with Gasteiger partial charge in [-0.15, -0.1) is 0 Å². The van der Waals surface area contributed by atoms with Crippen LogP contribution in [0, 0.1) is 0 Å². The lowest BCUT2D eigenvalue weighted by Crippen LogP contribution is -2.48. The zero-order chi connectivity index (χ0) is 14.1. The first kappa shape index (κ1) is 16.7. The summed E-state index contributed by atoms with van der Waals surface area (Å²) in [6.45, 7) is 7.45. The summed E-state index contributed by atoms with van der Waals surface area (Å²) in [5.41, 5.74) is 0. The van der Waals surface area contributed by atoms with E-state index < -0.39 is 5.97 Å². The molecule has 106 valence electrons. The number of nitrogens with one attached hydrogen (secondary N) is 1. The summed E-state index contributed by atoms with van der Waals surface area (Å²) in [7, 11) is 0. The number of urea groups is 1. The van der Waals surface area contributed by atoms with Gasteiger partial charge in [0, 0.05) is 12.1 Å². The van der Waals surface area contributed by atoms with Crippen molar-refractivity contribution in [3.8, 4) is 0 Å². The number of amides is 2. The molecule has 0 spiro atoms. The fraction of sp³-hybridized carbons (Fsp3) is 0.846. The molecule has 5 nitrogen and oxygen atoms in total. The van der Waals surface area contributed by atoms with Crippen molar-refractivity contribution in [2.45, 2.75) is 65.5 Å². The highest BCUT2D eigenvalue weighted by Crippen LogP contribution is 2.05. The van der Waals surface area contributed by atoms with Gasteiger partial charge in [-0.3, -0.25) is 4.79 Å². The average Bonchev–Trinajstić information content (AvgIpc) is 2.25. The Bertz CT molecular complexity index is 267. The number of carbonyl (C=O) groups is 2. The molecule has 0 rings (SSSR count). The first-order valence-corrected chi connectivity index (χ1v) is 6.67. The number of carbonyl (C=O) groups excluding carboxylic acids is 1. The van der Waals surface area contributed by atoms with Gasteiger partial charge in [0.1, 0.15) is 6.54 Å². The molecule has 2 N–H and O–H groups in total. The predicted octanol–water partition coefficient (Wildman–Crippen LogP) is 2.46. The molecule has 0 heterocycles. The molecule has 1 atom stereocenters. The Morgan fingerprint density at radius 2 is 1.83 bits per heavy atom. The second kappa shape index (κ2) is 8.78. The van der Waals surface area contributed by atoms with Crippen LogP contribution in [0.4, 0.5) is 4.79 Å². The summed E-state index contributed by atoms with van der Waals surface area (Å²) in [4.78, 5) is 23.9. The van der Waals surface area contributed by atoms with Gasteiger partial charge in [0.05, 0.1) is 0 Å². The third kappa shape index (κ3) is 7.14. The van der Waals surface area contributed by atoms with Gasteiger partial charge < -0.3 is 15.3 Å². The summed E-state index contributed by atoms with van der Waals surface area (Å²) in [6.07, 6.45) is 4.32. The Kier molecular flexibility index (Phi) is 8.16. The Hall–Kier alpha value is -1.26. The number of nitrogens with zero attached hydrogens (tertiary/aromatic N) is 1. The smallest absolute Gasteiger partial charge is 0.323 e. The monoisotopic (exact) mass is 258 g/mol. The molecule has 5 heteroatoms. The van der Waals surface area contributed by atoms with Gasteiger partial charge >= 0.3 is 12.0 Å². The van der Waals surface area contributed by atoms with E-state index in [9.17, 15) is 9.59 Å². The van der Waals surface area contributed by atoms with Crippen molar-refractivity contribution in [1.82, 2.24) is 10.2 Å². The molecule has 1 unspecified atom stereocenters. The van der Waals surface area contributed by atoms with Gasteiger partial charge in [-0.05, 0) is 27.2 Å². The van der Waals surface area contributed by atoms with Crippen molar-refractivity contribution in [2.75, 3.05) is 6.54 Å². The van der Waals surface area contributed by atoms with Gasteiger partial charge in [0.15, 0.2) is 0 Å². The third-order valence-electron chi connectivity index (χ3n) is 2.80. The van der Waals surface area contributed by atoms with Crippen LogP contribution >= 0.6 is 0 Å². The predicted molar refractivity (Wildman–Crippen MR) is 71.6 cm³/mol. The largest absolute Gasteiger partial charge is 0.480 e. The summed E-state index contributed by atoms with van der Waals surface area (Å²) >= 11 is 0. The van der Waals surface area contributed by atoms with E-state index in [1.807, 2.05) is 20.8 Å². The minimum atomic E-state index is -0.988. The quantitative estimate of drug-likeness (QED) is 0.657. The van der Waals surface area contributed by atoms with Crippen LogP contribution in [0.2, 0.25) is 0 Å². The van der Waals surface area contributed by atoms with Crippen molar-refractivity contribution in [3.05, 3.63) is 0 Å². The Balaban J connectivity index is 4.20. The normalized spacial score (nSPS) is 12.3. The van der Waals surface area contributed by atoms with Crippen LogP contribution in [0.1, 0.15) is 53.4 Å². The van der Waals surface area contributed by atoms with E-state index in [0.29, 0.717) is 0 Å². The number of carboxylic acids is 1. The second-order valence-corrected chi connectivity index (χ2v) is 4.96. The molecule has 0 aromatic rings. The number of hydrogen-bond acceptors (Lipinski definition) is 2. The van der Waals surface area contributed by atoms with E-state index in [0.717, 1.165) is 25.7 Å². The Morgan fingerprint density at radius 3 is 2.28 bits per heavy atom. The number of hydrogen-bond donors (Lipinski definition) is 2. The topological polar surface area (TPSA) is 69.6 Å². The molecule has 0 fully saturated rings. The van der Waals surface area contributed by atoms with Gasteiger partial charge in [-0.25, -0.2) is 4.79 Å². The zero-order valence-corrected chi connectivity index (χ0v) is 11.9. The van der Waals surface area contributed by atoms with Gasteiger partial charge in [0.2, 0.25) is 0 Å². The lowest BCUT2D eigenvalue weighted by Gasteiger charge is -2.27. The molecule has 0 saturated carbocycles. The second-order valence-electron chi connectivity index (χ2n) is 4.96. The lowest BCUT2D eigenvalue weighted by molar-refractivity contribution is -0.138. The summed E-state index contributed by atoms with van der Waals surface area (Å²) < 4.78 is 0. The molecule has 0 aromatic heterocycles. The SMILES string of the molecule is CCCCCC(C)NC(=O)N(CC(=O)O)C(C)C. The third-order valence-corrected chi connectivity index (χ3v) is 2.80. The molecule has 18 heavy (non-hydrogen) atoms. The molecule has 0 aromatic carbocycles. The highest BCUT2D eigenvalue weighted by molar-refractivity contribution is 5.80. The molecule has 2 amide bonds. The maximum absolute atomic E-state index is 11.9. The number of unbranched alkanes of at least 4 members (excludes halogenated alkanes) is 2. The molecule has 0 bridgehead atoms. The van der Waals surface area contributed by atoms with Crippen LogP contribution in [0.15, 0.2) is 0 Å². The number of rotatable bonds is 8. The molecule has 0 aliphatic carbocycles. The lowest BCUT2D eigenvalue weighted by atomic mass is 10.1. The van der Waals surface area contributed by atoms with Crippen LogP contribution in [0.25, 0.3) is 0 Å². The highest BCUT2D eigenvalue weighted by Gasteiger charge is 2.20. The van der Waals surface area contributed by atoms with Crippen molar-refractivity contribution in [2.24, 2.45) is 0 Å². The van der Waals surface area contributed by atoms with Gasteiger partial charge in [-0.2, -0.15) is 0 Å².